The molecular formula is C17H18OSe. The van der Waals surface area contributed by atoms with Crippen molar-refractivity contribution in [2.24, 2.45) is 0 Å². The van der Waals surface area contributed by atoms with E-state index < -0.39 is 0 Å². The molecule has 0 aliphatic carbocycles. The van der Waals surface area contributed by atoms with E-state index in [1.807, 2.05) is 13.0 Å². The third-order valence-corrected chi connectivity index (χ3v) is 4.67. The molecule has 0 saturated carbocycles. The Morgan fingerprint density at radius 3 is 2.26 bits per heavy atom. The molecule has 2 heteroatoms. The van der Waals surface area contributed by atoms with E-state index in [0.717, 1.165) is 6.61 Å². The number of ether oxygens (including phenoxy) is 1. The molecule has 0 spiro atoms. The third-order valence-electron chi connectivity index (χ3n) is 2.69. The fraction of sp³-hybridized carbons (Fsp3) is 0.176. The monoisotopic (exact) mass is 318 g/mol. The molecule has 0 bridgehead atoms. The summed E-state index contributed by atoms with van der Waals surface area (Å²) >= 11 is 0.351. The Kier molecular flexibility index (Phi) is 5.89. The Labute approximate surface area is 121 Å². The van der Waals surface area contributed by atoms with Crippen LogP contribution in [-0.4, -0.2) is 28.2 Å². The zero-order valence-electron chi connectivity index (χ0n) is 11.1. The minimum absolute atomic E-state index is 0.351. The second-order valence-corrected chi connectivity index (χ2v) is 6.06. The van der Waals surface area contributed by atoms with Crippen LogP contribution in [0.1, 0.15) is 12.5 Å². The number of hydrogen-bond acceptors (Lipinski definition) is 1. The fourth-order valence-corrected chi connectivity index (χ4v) is 3.36. The quantitative estimate of drug-likeness (QED) is 0.744. The first-order valence-electron chi connectivity index (χ1n) is 6.44. The number of rotatable bonds is 6. The van der Waals surface area contributed by atoms with Gasteiger partial charge >= 0.3 is 121 Å². The summed E-state index contributed by atoms with van der Waals surface area (Å²) in [4.78, 5) is 2.33. The molecule has 0 unspecified atom stereocenters. The van der Waals surface area contributed by atoms with Gasteiger partial charge in [0, 0.05) is 0 Å². The second kappa shape index (κ2) is 7.96. The predicted molar refractivity (Wildman–Crippen MR) is 82.7 cm³/mol. The van der Waals surface area contributed by atoms with Gasteiger partial charge in [0.25, 0.3) is 0 Å². The fourth-order valence-electron chi connectivity index (χ4n) is 1.69. The maximum atomic E-state index is 5.58. The van der Waals surface area contributed by atoms with Crippen molar-refractivity contribution in [1.29, 1.82) is 0 Å². The van der Waals surface area contributed by atoms with Crippen molar-refractivity contribution in [2.75, 3.05) is 13.2 Å². The standard InChI is InChI=1S/C17H18OSe/c1-2-18-13-16(15-9-5-3-6-10-15)14-19-17-11-7-4-8-12-17/h3-12,14H,2,13H2,1H3/b16-14-. The van der Waals surface area contributed by atoms with Crippen molar-refractivity contribution in [2.45, 2.75) is 6.92 Å². The number of benzene rings is 2. The second-order valence-electron chi connectivity index (χ2n) is 4.08. The van der Waals surface area contributed by atoms with E-state index in [1.165, 1.54) is 15.6 Å². The van der Waals surface area contributed by atoms with Crippen LogP contribution in [0.25, 0.3) is 5.57 Å². The Morgan fingerprint density at radius 1 is 1.00 bits per heavy atom. The van der Waals surface area contributed by atoms with Crippen molar-refractivity contribution < 1.29 is 4.74 Å². The summed E-state index contributed by atoms with van der Waals surface area (Å²) in [6, 6.07) is 21.1. The third kappa shape index (κ3) is 4.68. The summed E-state index contributed by atoms with van der Waals surface area (Å²) < 4.78 is 6.97. The zero-order valence-corrected chi connectivity index (χ0v) is 12.8. The Bertz CT molecular complexity index is 505. The van der Waals surface area contributed by atoms with Gasteiger partial charge in [0.2, 0.25) is 0 Å². The van der Waals surface area contributed by atoms with E-state index in [0.29, 0.717) is 21.6 Å². The van der Waals surface area contributed by atoms with Gasteiger partial charge in [-0.1, -0.05) is 0 Å². The Hall–Kier alpha value is -1.34. The van der Waals surface area contributed by atoms with Crippen LogP contribution in [0, 0.1) is 0 Å². The molecule has 19 heavy (non-hydrogen) atoms. The molecule has 0 aromatic heterocycles. The first kappa shape index (κ1) is 14.1. The normalized spacial score (nSPS) is 11.5. The summed E-state index contributed by atoms with van der Waals surface area (Å²) in [5, 5.41) is 0. The average Bonchev–Trinajstić information content (AvgIpc) is 2.49. The Balaban J connectivity index is 2.13. The van der Waals surface area contributed by atoms with Gasteiger partial charge in [-0.25, -0.2) is 0 Å². The molecule has 0 radical (unpaired) electrons. The summed E-state index contributed by atoms with van der Waals surface area (Å²) in [5.74, 6) is 0. The molecule has 98 valence electrons. The molecule has 0 N–H and O–H groups in total. The van der Waals surface area contributed by atoms with Gasteiger partial charge in [-0.15, -0.1) is 0 Å². The van der Waals surface area contributed by atoms with Crippen LogP contribution in [0.2, 0.25) is 0 Å². The van der Waals surface area contributed by atoms with Crippen LogP contribution in [0.5, 0.6) is 0 Å². The average molecular weight is 317 g/mol. The van der Waals surface area contributed by atoms with E-state index in [9.17, 15) is 0 Å². The Morgan fingerprint density at radius 2 is 1.63 bits per heavy atom. The van der Waals surface area contributed by atoms with Crippen LogP contribution in [0.4, 0.5) is 0 Å². The molecule has 0 amide bonds. The van der Waals surface area contributed by atoms with Crippen molar-refractivity contribution >= 4 is 25.0 Å². The van der Waals surface area contributed by atoms with Gasteiger partial charge in [0.15, 0.2) is 0 Å². The number of hydrogen-bond donors (Lipinski definition) is 0. The van der Waals surface area contributed by atoms with Gasteiger partial charge in [0.1, 0.15) is 0 Å². The molecule has 0 saturated heterocycles. The van der Waals surface area contributed by atoms with Crippen molar-refractivity contribution in [1.82, 2.24) is 0 Å². The SMILES string of the molecule is CCOC/C(=C/[Se]c1ccccc1)c1ccccc1. The van der Waals surface area contributed by atoms with Crippen LogP contribution in [0.15, 0.2) is 65.6 Å². The molecular weight excluding hydrogens is 299 g/mol. The van der Waals surface area contributed by atoms with Gasteiger partial charge < -0.3 is 0 Å². The summed E-state index contributed by atoms with van der Waals surface area (Å²) in [5.41, 5.74) is 2.54. The van der Waals surface area contributed by atoms with Crippen molar-refractivity contribution in [3.8, 4) is 0 Å². The molecule has 0 aliphatic heterocycles. The van der Waals surface area contributed by atoms with E-state index >= 15 is 0 Å². The molecule has 0 aliphatic rings. The molecule has 1 nitrogen and oxygen atoms in total. The van der Waals surface area contributed by atoms with E-state index in [1.54, 1.807) is 0 Å². The molecule has 2 aromatic rings. The van der Waals surface area contributed by atoms with Crippen LogP contribution in [-0.2, 0) is 4.74 Å². The van der Waals surface area contributed by atoms with Gasteiger partial charge in [-0.3, -0.25) is 0 Å². The molecule has 0 fully saturated rings. The van der Waals surface area contributed by atoms with Gasteiger partial charge in [-0.2, -0.15) is 0 Å². The summed E-state index contributed by atoms with van der Waals surface area (Å²) in [6.45, 7) is 3.47. The van der Waals surface area contributed by atoms with Crippen molar-refractivity contribution in [3.05, 3.63) is 71.2 Å². The topological polar surface area (TPSA) is 9.23 Å². The van der Waals surface area contributed by atoms with E-state index in [-0.39, 0.29) is 0 Å². The first-order valence-corrected chi connectivity index (χ1v) is 8.28. The molecule has 0 heterocycles. The van der Waals surface area contributed by atoms with Crippen LogP contribution >= 0.6 is 0 Å². The van der Waals surface area contributed by atoms with E-state index in [4.69, 9.17) is 4.74 Å². The van der Waals surface area contributed by atoms with E-state index in [2.05, 4.69) is 59.6 Å². The summed E-state index contributed by atoms with van der Waals surface area (Å²) in [7, 11) is 0. The molecule has 2 rings (SSSR count). The molecule has 0 atom stereocenters. The maximum absolute atomic E-state index is 5.58. The zero-order chi connectivity index (χ0) is 13.3. The summed E-state index contributed by atoms with van der Waals surface area (Å²) in [6.07, 6.45) is 0. The first-order chi connectivity index (χ1) is 9.40. The predicted octanol–water partition coefficient (Wildman–Crippen LogP) is 3.09. The minimum atomic E-state index is 0.351. The van der Waals surface area contributed by atoms with Gasteiger partial charge in [0.05, 0.1) is 0 Å². The molecule has 2 aromatic carbocycles. The van der Waals surface area contributed by atoms with Crippen LogP contribution < -0.4 is 4.46 Å². The van der Waals surface area contributed by atoms with Crippen LogP contribution in [0.3, 0.4) is 0 Å². The van der Waals surface area contributed by atoms with Gasteiger partial charge in [-0.05, 0) is 0 Å². The van der Waals surface area contributed by atoms with Crippen molar-refractivity contribution in [3.63, 3.8) is 0 Å².